The molecule has 2 heterocycles. The summed E-state index contributed by atoms with van der Waals surface area (Å²) in [4.78, 5) is 16.2. The van der Waals surface area contributed by atoms with Crippen LogP contribution in [0.5, 0.6) is 0 Å². The number of aryl methyl sites for hydroxylation is 1. The van der Waals surface area contributed by atoms with Crippen LogP contribution in [-0.4, -0.2) is 20.7 Å². The van der Waals surface area contributed by atoms with Crippen molar-refractivity contribution in [2.24, 2.45) is 7.05 Å². The van der Waals surface area contributed by atoms with Gasteiger partial charge >= 0.3 is 0 Å². The summed E-state index contributed by atoms with van der Waals surface area (Å²) in [6.07, 6.45) is 1.64. The fraction of sp³-hybridized carbons (Fsp3) is 0.0714. The Morgan fingerprint density at radius 1 is 1.38 bits per heavy atom. The minimum Gasteiger partial charge on any atom is -0.297 e. The molecule has 0 aliphatic carbocycles. The number of anilines is 1. The predicted octanol–water partition coefficient (Wildman–Crippen LogP) is 3.45. The second-order valence-electron chi connectivity index (χ2n) is 4.34. The molecule has 106 valence electrons. The summed E-state index contributed by atoms with van der Waals surface area (Å²) in [6.45, 7) is 0. The van der Waals surface area contributed by atoms with E-state index in [9.17, 15) is 4.79 Å². The fourth-order valence-corrected chi connectivity index (χ4v) is 2.63. The van der Waals surface area contributed by atoms with Gasteiger partial charge in [0.1, 0.15) is 5.69 Å². The summed E-state index contributed by atoms with van der Waals surface area (Å²) in [5.41, 5.74) is 2.02. The number of carbonyl (C=O) groups excluding carboxylic acids is 1. The predicted molar refractivity (Wildman–Crippen MR) is 83.7 cm³/mol. The van der Waals surface area contributed by atoms with E-state index in [-0.39, 0.29) is 5.91 Å². The Morgan fingerprint density at radius 3 is 2.95 bits per heavy atom. The van der Waals surface area contributed by atoms with Gasteiger partial charge in [0.25, 0.3) is 5.91 Å². The van der Waals surface area contributed by atoms with Gasteiger partial charge in [0.15, 0.2) is 5.13 Å². The number of carbonyl (C=O) groups is 1. The van der Waals surface area contributed by atoms with Gasteiger partial charge in [0, 0.05) is 29.2 Å². The van der Waals surface area contributed by atoms with Crippen LogP contribution in [0.4, 0.5) is 5.13 Å². The third-order valence-corrected chi connectivity index (χ3v) is 3.81. The zero-order valence-electron chi connectivity index (χ0n) is 11.1. The molecule has 0 bridgehead atoms. The average Bonchev–Trinajstić information content (AvgIpc) is 3.08. The second kappa shape index (κ2) is 5.67. The van der Waals surface area contributed by atoms with E-state index in [1.807, 2.05) is 18.2 Å². The molecule has 0 saturated carbocycles. The molecule has 0 unspecified atom stereocenters. The van der Waals surface area contributed by atoms with Crippen LogP contribution < -0.4 is 5.32 Å². The van der Waals surface area contributed by atoms with E-state index in [1.54, 1.807) is 35.4 Å². The van der Waals surface area contributed by atoms with Crippen LogP contribution in [0.3, 0.4) is 0 Å². The lowest BCUT2D eigenvalue weighted by Crippen LogP contribution is -2.15. The van der Waals surface area contributed by atoms with Crippen LogP contribution in [0.2, 0.25) is 5.02 Å². The van der Waals surface area contributed by atoms with E-state index in [2.05, 4.69) is 15.4 Å². The number of thiazole rings is 1. The Kier molecular flexibility index (Phi) is 3.72. The van der Waals surface area contributed by atoms with Crippen molar-refractivity contribution >= 4 is 34.0 Å². The van der Waals surface area contributed by atoms with Crippen molar-refractivity contribution < 1.29 is 4.79 Å². The van der Waals surface area contributed by atoms with E-state index in [1.165, 1.54) is 11.3 Å². The topological polar surface area (TPSA) is 59.8 Å². The third-order valence-electron chi connectivity index (χ3n) is 2.89. The van der Waals surface area contributed by atoms with E-state index in [0.717, 1.165) is 5.56 Å². The highest BCUT2D eigenvalue weighted by Crippen LogP contribution is 2.22. The Labute approximate surface area is 130 Å². The van der Waals surface area contributed by atoms with Crippen molar-refractivity contribution in [1.29, 1.82) is 0 Å². The summed E-state index contributed by atoms with van der Waals surface area (Å²) in [7, 11) is 1.73. The molecule has 1 N–H and O–H groups in total. The van der Waals surface area contributed by atoms with Gasteiger partial charge < -0.3 is 0 Å². The molecule has 1 aromatic carbocycles. The molecule has 0 aliphatic heterocycles. The number of aromatic nitrogens is 3. The zero-order chi connectivity index (χ0) is 14.8. The van der Waals surface area contributed by atoms with Gasteiger partial charge in [-0.25, -0.2) is 4.98 Å². The van der Waals surface area contributed by atoms with Crippen LogP contribution in [-0.2, 0) is 7.05 Å². The van der Waals surface area contributed by atoms with Gasteiger partial charge in [-0.3, -0.25) is 14.8 Å². The molecule has 0 atom stereocenters. The summed E-state index contributed by atoms with van der Waals surface area (Å²) in [6, 6.07) is 9.09. The van der Waals surface area contributed by atoms with E-state index in [0.29, 0.717) is 21.5 Å². The molecule has 0 spiro atoms. The summed E-state index contributed by atoms with van der Waals surface area (Å²) in [5, 5.41) is 10.1. The maximum atomic E-state index is 12.2. The van der Waals surface area contributed by atoms with Crippen LogP contribution >= 0.6 is 22.9 Å². The van der Waals surface area contributed by atoms with Crippen molar-refractivity contribution in [3.8, 4) is 11.3 Å². The minimum absolute atomic E-state index is 0.242. The van der Waals surface area contributed by atoms with Gasteiger partial charge in [-0.05, 0) is 18.2 Å². The molecule has 0 aliphatic rings. The lowest BCUT2D eigenvalue weighted by molar-refractivity contribution is 0.101. The number of rotatable bonds is 3. The SMILES string of the molecule is Cn1nc(-c2cccc(Cl)c2)cc1C(=O)Nc1nccs1. The van der Waals surface area contributed by atoms with Crippen molar-refractivity contribution in [2.45, 2.75) is 0 Å². The molecule has 7 heteroatoms. The Morgan fingerprint density at radius 2 is 2.24 bits per heavy atom. The maximum Gasteiger partial charge on any atom is 0.275 e. The highest BCUT2D eigenvalue weighted by molar-refractivity contribution is 7.13. The van der Waals surface area contributed by atoms with Gasteiger partial charge in [0.2, 0.25) is 0 Å². The number of halogens is 1. The monoisotopic (exact) mass is 318 g/mol. The van der Waals surface area contributed by atoms with Gasteiger partial charge in [0.05, 0.1) is 5.69 Å². The molecule has 1 amide bonds. The summed E-state index contributed by atoms with van der Waals surface area (Å²) >= 11 is 7.34. The summed E-state index contributed by atoms with van der Waals surface area (Å²) < 4.78 is 1.54. The molecule has 3 rings (SSSR count). The van der Waals surface area contributed by atoms with E-state index >= 15 is 0 Å². The normalized spacial score (nSPS) is 10.6. The molecule has 5 nitrogen and oxygen atoms in total. The molecule has 0 radical (unpaired) electrons. The maximum absolute atomic E-state index is 12.2. The largest absolute Gasteiger partial charge is 0.297 e. The van der Waals surface area contributed by atoms with Crippen molar-refractivity contribution in [3.05, 3.63) is 52.6 Å². The van der Waals surface area contributed by atoms with Gasteiger partial charge in [-0.2, -0.15) is 5.10 Å². The molecular weight excluding hydrogens is 308 g/mol. The Hall–Kier alpha value is -2.18. The second-order valence-corrected chi connectivity index (χ2v) is 5.67. The van der Waals surface area contributed by atoms with E-state index < -0.39 is 0 Å². The Balaban J connectivity index is 1.89. The molecule has 0 fully saturated rings. The number of nitrogens with zero attached hydrogens (tertiary/aromatic N) is 3. The Bertz CT molecular complexity index is 782. The number of hydrogen-bond donors (Lipinski definition) is 1. The molecule has 21 heavy (non-hydrogen) atoms. The number of hydrogen-bond acceptors (Lipinski definition) is 4. The van der Waals surface area contributed by atoms with Gasteiger partial charge in [-0.15, -0.1) is 11.3 Å². The third kappa shape index (κ3) is 2.96. The smallest absolute Gasteiger partial charge is 0.275 e. The van der Waals surface area contributed by atoms with Crippen LogP contribution in [0.1, 0.15) is 10.5 Å². The van der Waals surface area contributed by atoms with Gasteiger partial charge in [-0.1, -0.05) is 23.7 Å². The molecule has 3 aromatic rings. The van der Waals surface area contributed by atoms with Crippen LogP contribution in [0, 0.1) is 0 Å². The number of nitrogens with one attached hydrogen (secondary N) is 1. The minimum atomic E-state index is -0.242. The highest BCUT2D eigenvalue weighted by atomic mass is 35.5. The first kappa shape index (κ1) is 13.8. The van der Waals surface area contributed by atoms with Crippen molar-refractivity contribution in [1.82, 2.24) is 14.8 Å². The first-order valence-electron chi connectivity index (χ1n) is 6.14. The molecular formula is C14H11ClN4OS. The fourth-order valence-electron chi connectivity index (χ4n) is 1.91. The van der Waals surface area contributed by atoms with Crippen molar-refractivity contribution in [3.63, 3.8) is 0 Å². The lowest BCUT2D eigenvalue weighted by Gasteiger charge is -2.00. The zero-order valence-corrected chi connectivity index (χ0v) is 12.6. The average molecular weight is 319 g/mol. The highest BCUT2D eigenvalue weighted by Gasteiger charge is 2.15. The molecule has 0 saturated heterocycles. The quantitative estimate of drug-likeness (QED) is 0.804. The lowest BCUT2D eigenvalue weighted by atomic mass is 10.1. The van der Waals surface area contributed by atoms with Crippen LogP contribution in [0.25, 0.3) is 11.3 Å². The summed E-state index contributed by atoms with van der Waals surface area (Å²) in [5.74, 6) is -0.242. The first-order chi connectivity index (χ1) is 10.1. The first-order valence-corrected chi connectivity index (χ1v) is 7.40. The van der Waals surface area contributed by atoms with Crippen molar-refractivity contribution in [2.75, 3.05) is 5.32 Å². The molecule has 2 aromatic heterocycles. The standard InChI is InChI=1S/C14H11ClN4OS/c1-19-12(13(20)17-14-16-5-6-21-14)8-11(18-19)9-3-2-4-10(15)7-9/h2-8H,1H3,(H,16,17,20). The number of amides is 1. The van der Waals surface area contributed by atoms with Crippen LogP contribution in [0.15, 0.2) is 41.9 Å². The number of benzene rings is 1. The van der Waals surface area contributed by atoms with E-state index in [4.69, 9.17) is 11.6 Å².